The predicted molar refractivity (Wildman–Crippen MR) is 83.0 cm³/mol. The van der Waals surface area contributed by atoms with Crippen LogP contribution in [0.4, 0.5) is 5.69 Å². The van der Waals surface area contributed by atoms with Gasteiger partial charge in [0.1, 0.15) is 0 Å². The minimum atomic E-state index is 0.595. The van der Waals surface area contributed by atoms with Gasteiger partial charge < -0.3 is 9.32 Å². The van der Waals surface area contributed by atoms with E-state index in [4.69, 9.17) is 4.42 Å². The molecule has 1 heterocycles. The number of benzene rings is 2. The number of hydrogen-bond donors (Lipinski definition) is 0. The predicted octanol–water partition coefficient (Wildman–Crippen LogP) is 3.68. The first-order valence-electron chi connectivity index (χ1n) is 6.88. The van der Waals surface area contributed by atoms with E-state index in [1.54, 1.807) is 6.92 Å². The van der Waals surface area contributed by atoms with Crippen molar-refractivity contribution < 1.29 is 4.42 Å². The van der Waals surface area contributed by atoms with Crippen molar-refractivity contribution in [2.75, 3.05) is 11.9 Å². The molecule has 0 radical (unpaired) electrons. The van der Waals surface area contributed by atoms with Crippen molar-refractivity contribution in [2.45, 2.75) is 13.5 Å². The zero-order chi connectivity index (χ0) is 14.7. The van der Waals surface area contributed by atoms with Crippen molar-refractivity contribution in [1.29, 1.82) is 0 Å². The van der Waals surface area contributed by atoms with Gasteiger partial charge in [-0.3, -0.25) is 0 Å². The molecule has 0 atom stereocenters. The number of anilines is 1. The van der Waals surface area contributed by atoms with Crippen LogP contribution < -0.4 is 4.90 Å². The Morgan fingerprint density at radius 1 is 0.905 bits per heavy atom. The summed E-state index contributed by atoms with van der Waals surface area (Å²) in [6, 6.07) is 18.8. The third kappa shape index (κ3) is 3.11. The quantitative estimate of drug-likeness (QED) is 0.730. The SMILES string of the molecule is Cc1nnc(CN(C)c2ccc(-c3ccccc3)cc2)o1. The molecule has 4 heteroatoms. The van der Waals surface area contributed by atoms with Crippen LogP contribution in [-0.2, 0) is 6.54 Å². The lowest BCUT2D eigenvalue weighted by molar-refractivity contribution is 0.466. The standard InChI is InChI=1S/C17H17N3O/c1-13-18-19-17(21-13)12-20(2)16-10-8-15(9-11-16)14-6-4-3-5-7-14/h3-11H,12H2,1-2H3. The van der Waals surface area contributed by atoms with Crippen molar-refractivity contribution in [1.82, 2.24) is 10.2 Å². The Balaban J connectivity index is 1.74. The van der Waals surface area contributed by atoms with Gasteiger partial charge in [0.05, 0.1) is 6.54 Å². The van der Waals surface area contributed by atoms with Crippen LogP contribution in [0.1, 0.15) is 11.8 Å². The second kappa shape index (κ2) is 5.79. The molecule has 0 aliphatic rings. The number of nitrogens with zero attached hydrogens (tertiary/aromatic N) is 3. The maximum atomic E-state index is 5.40. The highest BCUT2D eigenvalue weighted by Gasteiger charge is 2.07. The van der Waals surface area contributed by atoms with Gasteiger partial charge in [0.25, 0.3) is 0 Å². The van der Waals surface area contributed by atoms with Crippen LogP contribution in [-0.4, -0.2) is 17.2 Å². The molecule has 0 aliphatic heterocycles. The van der Waals surface area contributed by atoms with E-state index < -0.39 is 0 Å². The maximum absolute atomic E-state index is 5.40. The topological polar surface area (TPSA) is 42.2 Å². The fourth-order valence-corrected chi connectivity index (χ4v) is 2.23. The van der Waals surface area contributed by atoms with Gasteiger partial charge in [-0.1, -0.05) is 42.5 Å². The van der Waals surface area contributed by atoms with Crippen LogP contribution in [0.15, 0.2) is 59.0 Å². The summed E-state index contributed by atoms with van der Waals surface area (Å²) in [6.07, 6.45) is 0. The van der Waals surface area contributed by atoms with E-state index in [9.17, 15) is 0 Å². The van der Waals surface area contributed by atoms with Crippen LogP contribution in [0.5, 0.6) is 0 Å². The Hall–Kier alpha value is -2.62. The second-order valence-electron chi connectivity index (χ2n) is 4.98. The Bertz CT molecular complexity index is 704. The van der Waals surface area contributed by atoms with Crippen molar-refractivity contribution in [3.8, 4) is 11.1 Å². The monoisotopic (exact) mass is 279 g/mol. The third-order valence-electron chi connectivity index (χ3n) is 3.36. The van der Waals surface area contributed by atoms with E-state index in [1.165, 1.54) is 11.1 Å². The molecule has 4 nitrogen and oxygen atoms in total. The number of hydrogen-bond acceptors (Lipinski definition) is 4. The Labute approximate surface area is 124 Å². The molecular weight excluding hydrogens is 262 g/mol. The molecule has 0 spiro atoms. The Kier molecular flexibility index (Phi) is 3.69. The average Bonchev–Trinajstić information content (AvgIpc) is 2.93. The smallest absolute Gasteiger partial charge is 0.235 e. The average molecular weight is 279 g/mol. The van der Waals surface area contributed by atoms with Gasteiger partial charge in [-0.25, -0.2) is 0 Å². The van der Waals surface area contributed by atoms with E-state index in [2.05, 4.69) is 51.5 Å². The molecule has 1 aromatic heterocycles. The zero-order valence-electron chi connectivity index (χ0n) is 12.2. The summed E-state index contributed by atoms with van der Waals surface area (Å²) >= 11 is 0. The van der Waals surface area contributed by atoms with E-state index in [1.807, 2.05) is 25.2 Å². The van der Waals surface area contributed by atoms with E-state index in [0.29, 0.717) is 18.3 Å². The minimum Gasteiger partial charge on any atom is -0.424 e. The fraction of sp³-hybridized carbons (Fsp3) is 0.176. The molecule has 3 aromatic rings. The summed E-state index contributed by atoms with van der Waals surface area (Å²) in [5, 5.41) is 7.86. The molecular formula is C17H17N3O. The summed E-state index contributed by atoms with van der Waals surface area (Å²) < 4.78 is 5.40. The molecule has 106 valence electrons. The van der Waals surface area contributed by atoms with E-state index >= 15 is 0 Å². The lowest BCUT2D eigenvalue weighted by Gasteiger charge is -2.17. The van der Waals surface area contributed by atoms with Crippen LogP contribution in [0.2, 0.25) is 0 Å². The van der Waals surface area contributed by atoms with Gasteiger partial charge in [-0.2, -0.15) is 0 Å². The summed E-state index contributed by atoms with van der Waals surface area (Å²) in [6.45, 7) is 2.40. The normalized spacial score (nSPS) is 10.6. The number of rotatable bonds is 4. The van der Waals surface area contributed by atoms with Crippen molar-refractivity contribution in [3.63, 3.8) is 0 Å². The van der Waals surface area contributed by atoms with Crippen LogP contribution >= 0.6 is 0 Å². The van der Waals surface area contributed by atoms with Gasteiger partial charge in [0, 0.05) is 19.7 Å². The molecule has 3 rings (SSSR count). The molecule has 2 aromatic carbocycles. The molecule has 0 saturated carbocycles. The zero-order valence-corrected chi connectivity index (χ0v) is 12.2. The van der Waals surface area contributed by atoms with E-state index in [-0.39, 0.29) is 0 Å². The largest absolute Gasteiger partial charge is 0.424 e. The fourth-order valence-electron chi connectivity index (χ4n) is 2.23. The lowest BCUT2D eigenvalue weighted by atomic mass is 10.1. The third-order valence-corrected chi connectivity index (χ3v) is 3.36. The molecule has 0 fully saturated rings. The van der Waals surface area contributed by atoms with Gasteiger partial charge in [0.15, 0.2) is 0 Å². The van der Waals surface area contributed by atoms with Gasteiger partial charge in [-0.05, 0) is 23.3 Å². The minimum absolute atomic E-state index is 0.595. The summed E-state index contributed by atoms with van der Waals surface area (Å²) in [7, 11) is 2.01. The highest BCUT2D eigenvalue weighted by atomic mass is 16.4. The second-order valence-corrected chi connectivity index (χ2v) is 4.98. The molecule has 0 aliphatic carbocycles. The summed E-state index contributed by atoms with van der Waals surface area (Å²) in [5.41, 5.74) is 3.55. The maximum Gasteiger partial charge on any atom is 0.235 e. The highest BCUT2D eigenvalue weighted by molar-refractivity contribution is 5.66. The van der Waals surface area contributed by atoms with Crippen molar-refractivity contribution in [3.05, 3.63) is 66.4 Å². The summed E-state index contributed by atoms with van der Waals surface area (Å²) in [5.74, 6) is 1.22. The Morgan fingerprint density at radius 2 is 1.57 bits per heavy atom. The van der Waals surface area contributed by atoms with Gasteiger partial charge in [-0.15, -0.1) is 10.2 Å². The first-order valence-corrected chi connectivity index (χ1v) is 6.88. The highest BCUT2D eigenvalue weighted by Crippen LogP contribution is 2.23. The lowest BCUT2D eigenvalue weighted by Crippen LogP contribution is -2.16. The molecule has 0 N–H and O–H groups in total. The van der Waals surface area contributed by atoms with Crippen LogP contribution in [0.3, 0.4) is 0 Å². The molecule has 0 amide bonds. The first-order chi connectivity index (χ1) is 10.2. The number of aromatic nitrogens is 2. The Morgan fingerprint density at radius 3 is 2.19 bits per heavy atom. The molecule has 0 bridgehead atoms. The molecule has 0 unspecified atom stereocenters. The van der Waals surface area contributed by atoms with Gasteiger partial charge in [0.2, 0.25) is 11.8 Å². The first kappa shape index (κ1) is 13.4. The molecule has 0 saturated heterocycles. The van der Waals surface area contributed by atoms with Crippen molar-refractivity contribution in [2.24, 2.45) is 0 Å². The van der Waals surface area contributed by atoms with Crippen LogP contribution in [0.25, 0.3) is 11.1 Å². The van der Waals surface area contributed by atoms with Crippen LogP contribution in [0, 0.1) is 6.92 Å². The number of aryl methyl sites for hydroxylation is 1. The van der Waals surface area contributed by atoms with Crippen molar-refractivity contribution >= 4 is 5.69 Å². The molecule has 21 heavy (non-hydrogen) atoms. The summed E-state index contributed by atoms with van der Waals surface area (Å²) in [4.78, 5) is 2.09. The van der Waals surface area contributed by atoms with Gasteiger partial charge >= 0.3 is 0 Å². The van der Waals surface area contributed by atoms with E-state index in [0.717, 1.165) is 5.69 Å².